The van der Waals surface area contributed by atoms with Gasteiger partial charge in [0.15, 0.2) is 11.5 Å². The summed E-state index contributed by atoms with van der Waals surface area (Å²) in [5.41, 5.74) is 2.42. The molecule has 130 valence electrons. The Morgan fingerprint density at radius 3 is 2.62 bits per heavy atom. The number of carbonyl (C=O) groups excluding carboxylic acids is 1. The maximum absolute atomic E-state index is 12.5. The zero-order chi connectivity index (χ0) is 17.9. The normalized spacial score (nSPS) is 11.9. The third-order valence-corrected chi connectivity index (χ3v) is 3.75. The van der Waals surface area contributed by atoms with E-state index < -0.39 is 0 Å². The first-order chi connectivity index (χ1) is 12.7. The van der Waals surface area contributed by atoms with E-state index in [2.05, 4.69) is 20.6 Å². The van der Waals surface area contributed by atoms with Crippen LogP contribution in [-0.2, 0) is 0 Å². The Hall–Kier alpha value is -3.61. The molecule has 0 aliphatic carbocycles. The number of para-hydroxylation sites is 1. The summed E-state index contributed by atoms with van der Waals surface area (Å²) in [6.07, 6.45) is 0. The zero-order valence-corrected chi connectivity index (χ0v) is 14.0. The molecule has 2 heterocycles. The molecule has 0 fully saturated rings. The highest BCUT2D eigenvalue weighted by Gasteiger charge is 2.15. The van der Waals surface area contributed by atoms with Crippen LogP contribution < -0.4 is 20.1 Å². The number of rotatable bonds is 4. The molecule has 0 saturated carbocycles. The van der Waals surface area contributed by atoms with Crippen molar-refractivity contribution in [2.45, 2.75) is 6.92 Å². The molecule has 0 bridgehead atoms. The molecule has 2 aromatic carbocycles. The third-order valence-electron chi connectivity index (χ3n) is 3.75. The highest BCUT2D eigenvalue weighted by Crippen LogP contribution is 2.34. The number of anilines is 3. The van der Waals surface area contributed by atoms with Crippen molar-refractivity contribution in [2.24, 2.45) is 0 Å². The van der Waals surface area contributed by atoms with Crippen LogP contribution in [0.25, 0.3) is 0 Å². The summed E-state index contributed by atoms with van der Waals surface area (Å²) in [4.78, 5) is 21.1. The van der Waals surface area contributed by atoms with E-state index in [4.69, 9.17) is 9.47 Å². The summed E-state index contributed by atoms with van der Waals surface area (Å²) >= 11 is 0. The molecule has 1 amide bonds. The SMILES string of the molecule is Cc1cc(C(=O)Nc2ccccc2)nc(Nc2ccc3c(c2)OCO3)n1. The van der Waals surface area contributed by atoms with Crippen LogP contribution in [-0.4, -0.2) is 22.7 Å². The van der Waals surface area contributed by atoms with Gasteiger partial charge < -0.3 is 20.1 Å². The van der Waals surface area contributed by atoms with Gasteiger partial charge in [0.05, 0.1) is 0 Å². The zero-order valence-electron chi connectivity index (χ0n) is 14.0. The van der Waals surface area contributed by atoms with E-state index in [1.807, 2.05) is 49.4 Å². The van der Waals surface area contributed by atoms with Gasteiger partial charge in [0, 0.05) is 23.1 Å². The lowest BCUT2D eigenvalue weighted by molar-refractivity contribution is 0.102. The van der Waals surface area contributed by atoms with Crippen molar-refractivity contribution < 1.29 is 14.3 Å². The molecule has 0 spiro atoms. The van der Waals surface area contributed by atoms with Gasteiger partial charge in [-0.2, -0.15) is 0 Å². The Kier molecular flexibility index (Phi) is 4.10. The van der Waals surface area contributed by atoms with Gasteiger partial charge in [-0.1, -0.05) is 18.2 Å². The highest BCUT2D eigenvalue weighted by molar-refractivity contribution is 6.03. The van der Waals surface area contributed by atoms with Gasteiger partial charge in [-0.25, -0.2) is 9.97 Å². The van der Waals surface area contributed by atoms with Gasteiger partial charge in [-0.05, 0) is 37.3 Å². The monoisotopic (exact) mass is 348 g/mol. The van der Waals surface area contributed by atoms with Gasteiger partial charge in [0.1, 0.15) is 5.69 Å². The molecule has 1 aromatic heterocycles. The molecule has 0 unspecified atom stereocenters. The van der Waals surface area contributed by atoms with E-state index in [-0.39, 0.29) is 18.4 Å². The van der Waals surface area contributed by atoms with E-state index in [1.165, 1.54) is 0 Å². The van der Waals surface area contributed by atoms with E-state index in [0.29, 0.717) is 28.8 Å². The largest absolute Gasteiger partial charge is 0.454 e. The van der Waals surface area contributed by atoms with Gasteiger partial charge in [-0.3, -0.25) is 4.79 Å². The summed E-state index contributed by atoms with van der Waals surface area (Å²) in [6, 6.07) is 16.3. The first kappa shape index (κ1) is 15.9. The van der Waals surface area contributed by atoms with Crippen molar-refractivity contribution in [3.63, 3.8) is 0 Å². The second kappa shape index (κ2) is 6.72. The molecular weight excluding hydrogens is 332 g/mol. The summed E-state index contributed by atoms with van der Waals surface area (Å²) in [6.45, 7) is 2.02. The van der Waals surface area contributed by atoms with Crippen LogP contribution in [0.4, 0.5) is 17.3 Å². The van der Waals surface area contributed by atoms with Gasteiger partial charge in [0.25, 0.3) is 5.91 Å². The Morgan fingerprint density at radius 2 is 1.77 bits per heavy atom. The standard InChI is InChI=1S/C19H16N4O3/c1-12-9-15(18(24)21-13-5-3-2-4-6-13)23-19(20-12)22-14-7-8-16-17(10-14)26-11-25-16/h2-10H,11H2,1H3,(H,21,24)(H,20,22,23). The first-order valence-electron chi connectivity index (χ1n) is 8.06. The fourth-order valence-electron chi connectivity index (χ4n) is 2.56. The fraction of sp³-hybridized carbons (Fsp3) is 0.105. The number of amides is 1. The van der Waals surface area contributed by atoms with Crippen molar-refractivity contribution in [3.8, 4) is 11.5 Å². The molecule has 0 atom stereocenters. The number of ether oxygens (including phenoxy) is 2. The summed E-state index contributed by atoms with van der Waals surface area (Å²) in [5, 5.41) is 5.91. The second-order valence-electron chi connectivity index (χ2n) is 5.73. The quantitative estimate of drug-likeness (QED) is 0.750. The van der Waals surface area contributed by atoms with Crippen LogP contribution in [0.1, 0.15) is 16.2 Å². The van der Waals surface area contributed by atoms with Crippen LogP contribution in [0.15, 0.2) is 54.6 Å². The summed E-state index contributed by atoms with van der Waals surface area (Å²) in [5.74, 6) is 1.39. The second-order valence-corrected chi connectivity index (χ2v) is 5.73. The number of nitrogens with one attached hydrogen (secondary N) is 2. The van der Waals surface area contributed by atoms with Crippen LogP contribution in [0.5, 0.6) is 11.5 Å². The minimum Gasteiger partial charge on any atom is -0.454 e. The smallest absolute Gasteiger partial charge is 0.274 e. The maximum Gasteiger partial charge on any atom is 0.274 e. The first-order valence-corrected chi connectivity index (χ1v) is 8.06. The van der Waals surface area contributed by atoms with Crippen LogP contribution in [0.2, 0.25) is 0 Å². The van der Waals surface area contributed by atoms with E-state index in [0.717, 1.165) is 5.69 Å². The summed E-state index contributed by atoms with van der Waals surface area (Å²) in [7, 11) is 0. The van der Waals surface area contributed by atoms with Crippen molar-refractivity contribution >= 4 is 23.2 Å². The van der Waals surface area contributed by atoms with Gasteiger partial charge in [-0.15, -0.1) is 0 Å². The number of carbonyl (C=O) groups is 1. The molecule has 4 rings (SSSR count). The number of fused-ring (bicyclic) bond motifs is 1. The lowest BCUT2D eigenvalue weighted by Crippen LogP contribution is -2.15. The molecule has 2 N–H and O–H groups in total. The minimum atomic E-state index is -0.296. The van der Waals surface area contributed by atoms with E-state index in [9.17, 15) is 4.79 Å². The molecule has 7 nitrogen and oxygen atoms in total. The van der Waals surface area contributed by atoms with Gasteiger partial charge in [0.2, 0.25) is 12.7 Å². The van der Waals surface area contributed by atoms with Gasteiger partial charge >= 0.3 is 0 Å². The lowest BCUT2D eigenvalue weighted by Gasteiger charge is -2.09. The number of aromatic nitrogens is 2. The van der Waals surface area contributed by atoms with Crippen molar-refractivity contribution in [1.29, 1.82) is 0 Å². The summed E-state index contributed by atoms with van der Waals surface area (Å²) < 4.78 is 10.7. The predicted octanol–water partition coefficient (Wildman–Crippen LogP) is 3.51. The van der Waals surface area contributed by atoms with Crippen molar-refractivity contribution in [3.05, 3.63) is 66.0 Å². The van der Waals surface area contributed by atoms with Crippen molar-refractivity contribution in [1.82, 2.24) is 9.97 Å². The molecular formula is C19H16N4O3. The number of benzene rings is 2. The molecule has 1 aliphatic rings. The third kappa shape index (κ3) is 3.41. The Labute approximate surface area is 150 Å². The average Bonchev–Trinajstić information content (AvgIpc) is 3.10. The highest BCUT2D eigenvalue weighted by atomic mass is 16.7. The Morgan fingerprint density at radius 1 is 0.962 bits per heavy atom. The molecule has 1 aliphatic heterocycles. The van der Waals surface area contributed by atoms with Crippen LogP contribution in [0.3, 0.4) is 0 Å². The molecule has 7 heteroatoms. The molecule has 0 saturated heterocycles. The maximum atomic E-state index is 12.5. The number of nitrogens with zero attached hydrogens (tertiary/aromatic N) is 2. The topological polar surface area (TPSA) is 85.4 Å². The Balaban J connectivity index is 1.55. The Bertz CT molecular complexity index is 960. The minimum absolute atomic E-state index is 0.212. The average molecular weight is 348 g/mol. The fourth-order valence-corrected chi connectivity index (χ4v) is 2.56. The molecule has 0 radical (unpaired) electrons. The lowest BCUT2D eigenvalue weighted by atomic mass is 10.2. The van der Waals surface area contributed by atoms with Crippen molar-refractivity contribution in [2.75, 3.05) is 17.4 Å². The number of hydrogen-bond donors (Lipinski definition) is 2. The van der Waals surface area contributed by atoms with Crippen LogP contribution >= 0.6 is 0 Å². The number of aryl methyl sites for hydroxylation is 1. The van der Waals surface area contributed by atoms with Crippen LogP contribution in [0, 0.1) is 6.92 Å². The predicted molar refractivity (Wildman–Crippen MR) is 97.0 cm³/mol. The number of hydrogen-bond acceptors (Lipinski definition) is 6. The molecule has 26 heavy (non-hydrogen) atoms. The van der Waals surface area contributed by atoms with E-state index >= 15 is 0 Å². The molecule has 3 aromatic rings. The van der Waals surface area contributed by atoms with E-state index in [1.54, 1.807) is 12.1 Å².